The summed E-state index contributed by atoms with van der Waals surface area (Å²) in [7, 11) is 2.64. The third kappa shape index (κ3) is 2.92. The Kier molecular flexibility index (Phi) is 5.03. The molecule has 0 radical (unpaired) electrons. The molecule has 5 nitrogen and oxygen atoms in total. The SMILES string of the molecule is CC=CC1C(C(=O)OC)=C(C)N=C(C)C1C(=O)OC. The summed E-state index contributed by atoms with van der Waals surface area (Å²) in [5.41, 5.74) is 1.62. The van der Waals surface area contributed by atoms with Crippen molar-refractivity contribution in [1.29, 1.82) is 0 Å². The summed E-state index contributed by atoms with van der Waals surface area (Å²) < 4.78 is 9.59. The third-order valence-electron chi connectivity index (χ3n) is 3.14. The quantitative estimate of drug-likeness (QED) is 0.577. The van der Waals surface area contributed by atoms with Gasteiger partial charge in [0.2, 0.25) is 0 Å². The number of carbonyl (C=O) groups is 2. The topological polar surface area (TPSA) is 65.0 Å². The summed E-state index contributed by atoms with van der Waals surface area (Å²) in [6.45, 7) is 5.33. The molecule has 0 amide bonds. The molecule has 1 aliphatic rings. The first-order valence-corrected chi connectivity index (χ1v) is 6.02. The van der Waals surface area contributed by atoms with Gasteiger partial charge in [0.15, 0.2) is 0 Å². The molecule has 0 N–H and O–H groups in total. The zero-order chi connectivity index (χ0) is 14.6. The highest BCUT2D eigenvalue weighted by molar-refractivity contribution is 6.06. The predicted molar refractivity (Wildman–Crippen MR) is 71.6 cm³/mol. The minimum atomic E-state index is -0.584. The molecule has 2 unspecified atom stereocenters. The van der Waals surface area contributed by atoms with E-state index in [4.69, 9.17) is 9.47 Å². The van der Waals surface area contributed by atoms with Crippen LogP contribution in [0.15, 0.2) is 28.4 Å². The van der Waals surface area contributed by atoms with E-state index in [1.54, 1.807) is 26.0 Å². The van der Waals surface area contributed by atoms with Crippen molar-refractivity contribution in [3.05, 3.63) is 23.4 Å². The lowest BCUT2D eigenvalue weighted by atomic mass is 9.79. The van der Waals surface area contributed by atoms with Crippen LogP contribution in [0, 0.1) is 11.8 Å². The first kappa shape index (κ1) is 15.1. The molecule has 0 saturated heterocycles. The van der Waals surface area contributed by atoms with Crippen molar-refractivity contribution in [1.82, 2.24) is 0 Å². The van der Waals surface area contributed by atoms with E-state index < -0.39 is 23.8 Å². The Morgan fingerprint density at radius 3 is 2.32 bits per heavy atom. The van der Waals surface area contributed by atoms with E-state index in [9.17, 15) is 9.59 Å². The number of rotatable bonds is 3. The van der Waals surface area contributed by atoms with Crippen molar-refractivity contribution in [2.75, 3.05) is 14.2 Å². The van der Waals surface area contributed by atoms with Gasteiger partial charge < -0.3 is 9.47 Å². The molecule has 0 spiro atoms. The highest BCUT2D eigenvalue weighted by Crippen LogP contribution is 2.33. The van der Waals surface area contributed by atoms with Crippen LogP contribution in [0.4, 0.5) is 0 Å². The Labute approximate surface area is 113 Å². The first-order valence-electron chi connectivity index (χ1n) is 6.02. The number of methoxy groups -OCH3 is 2. The molecular weight excluding hydrogens is 246 g/mol. The van der Waals surface area contributed by atoms with E-state index in [0.717, 1.165) is 0 Å². The largest absolute Gasteiger partial charge is 0.468 e. The molecule has 1 rings (SSSR count). The van der Waals surface area contributed by atoms with E-state index >= 15 is 0 Å². The van der Waals surface area contributed by atoms with Crippen LogP contribution in [0.2, 0.25) is 0 Å². The van der Waals surface area contributed by atoms with Gasteiger partial charge in [0.25, 0.3) is 0 Å². The molecule has 0 aromatic carbocycles. The summed E-state index contributed by atoms with van der Waals surface area (Å²) in [4.78, 5) is 28.1. The van der Waals surface area contributed by atoms with Gasteiger partial charge in [-0.05, 0) is 20.8 Å². The van der Waals surface area contributed by atoms with Gasteiger partial charge in [0, 0.05) is 17.3 Å². The van der Waals surface area contributed by atoms with Crippen molar-refractivity contribution in [2.24, 2.45) is 16.8 Å². The lowest BCUT2D eigenvalue weighted by Gasteiger charge is -2.28. The lowest BCUT2D eigenvalue weighted by Crippen LogP contribution is -2.36. The van der Waals surface area contributed by atoms with Crippen LogP contribution >= 0.6 is 0 Å². The van der Waals surface area contributed by atoms with Crippen LogP contribution in [-0.4, -0.2) is 31.9 Å². The minimum Gasteiger partial charge on any atom is -0.468 e. The van der Waals surface area contributed by atoms with Crippen LogP contribution in [0.5, 0.6) is 0 Å². The molecule has 1 heterocycles. The van der Waals surface area contributed by atoms with E-state index in [1.165, 1.54) is 14.2 Å². The van der Waals surface area contributed by atoms with E-state index in [0.29, 0.717) is 17.0 Å². The maximum Gasteiger partial charge on any atom is 0.336 e. The Hall–Kier alpha value is -1.91. The van der Waals surface area contributed by atoms with Gasteiger partial charge in [-0.3, -0.25) is 9.79 Å². The van der Waals surface area contributed by atoms with Gasteiger partial charge in [-0.2, -0.15) is 0 Å². The standard InChI is InChI=1S/C14H19NO4/c1-6-7-10-11(13(16)18-4)8(2)15-9(3)12(10)14(17)19-5/h6-7,10-11H,1-5H3. The number of hydrogen-bond donors (Lipinski definition) is 0. The lowest BCUT2D eigenvalue weighted by molar-refractivity contribution is -0.144. The molecular formula is C14H19NO4. The number of hydrogen-bond acceptors (Lipinski definition) is 5. The molecule has 19 heavy (non-hydrogen) atoms. The maximum absolute atomic E-state index is 11.9. The highest BCUT2D eigenvalue weighted by atomic mass is 16.5. The zero-order valence-electron chi connectivity index (χ0n) is 11.9. The van der Waals surface area contributed by atoms with E-state index in [1.807, 2.05) is 6.92 Å². The van der Waals surface area contributed by atoms with Gasteiger partial charge in [-0.15, -0.1) is 0 Å². The summed E-state index contributed by atoms with van der Waals surface area (Å²) in [6, 6.07) is 0. The second-order valence-corrected chi connectivity index (χ2v) is 4.30. The van der Waals surface area contributed by atoms with Crippen molar-refractivity contribution in [3.63, 3.8) is 0 Å². The van der Waals surface area contributed by atoms with Crippen LogP contribution in [0.3, 0.4) is 0 Å². The fourth-order valence-electron chi connectivity index (χ4n) is 2.31. The number of esters is 2. The Morgan fingerprint density at radius 1 is 1.21 bits per heavy atom. The molecule has 104 valence electrons. The number of ether oxygens (including phenoxy) is 2. The van der Waals surface area contributed by atoms with Crippen molar-refractivity contribution >= 4 is 17.7 Å². The van der Waals surface area contributed by atoms with Crippen LogP contribution in [0.25, 0.3) is 0 Å². The Balaban J connectivity index is 3.36. The molecule has 1 aliphatic heterocycles. The average Bonchev–Trinajstić information content (AvgIpc) is 2.37. The van der Waals surface area contributed by atoms with Crippen molar-refractivity contribution < 1.29 is 19.1 Å². The number of allylic oxidation sites excluding steroid dienone is 3. The summed E-state index contributed by atoms with van der Waals surface area (Å²) in [6.07, 6.45) is 3.60. The molecule has 5 heteroatoms. The van der Waals surface area contributed by atoms with E-state index in [2.05, 4.69) is 4.99 Å². The predicted octanol–water partition coefficient (Wildman–Crippen LogP) is 1.89. The Morgan fingerprint density at radius 2 is 1.84 bits per heavy atom. The van der Waals surface area contributed by atoms with Gasteiger partial charge in [-0.1, -0.05) is 12.2 Å². The average molecular weight is 265 g/mol. The molecule has 0 aromatic rings. The molecule has 0 saturated carbocycles. The van der Waals surface area contributed by atoms with Crippen LogP contribution < -0.4 is 0 Å². The highest BCUT2D eigenvalue weighted by Gasteiger charge is 2.39. The molecule has 2 atom stereocenters. The smallest absolute Gasteiger partial charge is 0.336 e. The molecule has 0 aliphatic carbocycles. The number of carbonyl (C=O) groups excluding carboxylic acids is 2. The molecule has 0 bridgehead atoms. The van der Waals surface area contributed by atoms with Crippen LogP contribution in [0.1, 0.15) is 20.8 Å². The second-order valence-electron chi connectivity index (χ2n) is 4.30. The van der Waals surface area contributed by atoms with E-state index in [-0.39, 0.29) is 0 Å². The van der Waals surface area contributed by atoms with Crippen LogP contribution in [-0.2, 0) is 19.1 Å². The Bertz CT molecular complexity index is 474. The summed E-state index contributed by atoms with van der Waals surface area (Å²) >= 11 is 0. The summed E-state index contributed by atoms with van der Waals surface area (Å²) in [5, 5.41) is 0. The fourth-order valence-corrected chi connectivity index (χ4v) is 2.31. The normalized spacial score (nSPS) is 23.3. The zero-order valence-corrected chi connectivity index (χ0v) is 11.9. The molecule has 0 fully saturated rings. The minimum absolute atomic E-state index is 0.401. The van der Waals surface area contributed by atoms with Crippen molar-refractivity contribution in [2.45, 2.75) is 20.8 Å². The van der Waals surface area contributed by atoms with Gasteiger partial charge in [0.05, 0.1) is 19.8 Å². The first-order chi connectivity index (χ1) is 8.97. The fraction of sp³-hybridized carbons (Fsp3) is 0.500. The molecule has 0 aromatic heterocycles. The second kappa shape index (κ2) is 6.31. The van der Waals surface area contributed by atoms with Gasteiger partial charge in [-0.25, -0.2) is 4.79 Å². The maximum atomic E-state index is 11.9. The monoisotopic (exact) mass is 265 g/mol. The number of nitrogens with zero attached hydrogens (tertiary/aromatic N) is 1. The number of aliphatic imine (C=N–C) groups is 1. The third-order valence-corrected chi connectivity index (χ3v) is 3.14. The van der Waals surface area contributed by atoms with Gasteiger partial charge in [0.1, 0.15) is 5.92 Å². The van der Waals surface area contributed by atoms with Crippen molar-refractivity contribution in [3.8, 4) is 0 Å². The van der Waals surface area contributed by atoms with Gasteiger partial charge >= 0.3 is 11.9 Å². The summed E-state index contributed by atoms with van der Waals surface area (Å²) in [5.74, 6) is -1.86.